The van der Waals surface area contributed by atoms with Crippen LogP contribution in [0.5, 0.6) is 0 Å². The average molecular weight is 334 g/mol. The molecule has 4 aromatic rings. The number of halogens is 1. The summed E-state index contributed by atoms with van der Waals surface area (Å²) in [6.07, 6.45) is 0. The van der Waals surface area contributed by atoms with E-state index in [1.54, 1.807) is 0 Å². The molecule has 1 nitrogen and oxygen atoms in total. The summed E-state index contributed by atoms with van der Waals surface area (Å²) in [5.74, 6) is 0. The molecular weight excluding hydrogens is 321 g/mol. The monoisotopic (exact) mass is 333 g/mol. The molecule has 4 rings (SSSR count). The van der Waals surface area contributed by atoms with Crippen LogP contribution in [-0.2, 0) is 0 Å². The highest BCUT2D eigenvalue weighted by Gasteiger charge is 2.11. The van der Waals surface area contributed by atoms with Gasteiger partial charge in [-0.15, -0.1) is 0 Å². The summed E-state index contributed by atoms with van der Waals surface area (Å²) in [4.78, 5) is 0. The molecule has 0 spiro atoms. The van der Waals surface area contributed by atoms with Crippen LogP contribution in [0.15, 0.2) is 71.2 Å². The highest BCUT2D eigenvalue weighted by Crippen LogP contribution is 2.31. The van der Waals surface area contributed by atoms with Gasteiger partial charge in [-0.05, 0) is 24.3 Å². The Bertz CT molecular complexity index is 898. The molecule has 1 heterocycles. The van der Waals surface area contributed by atoms with Gasteiger partial charge in [0.2, 0.25) is 0 Å². The van der Waals surface area contributed by atoms with E-state index in [0.717, 1.165) is 4.47 Å². The summed E-state index contributed by atoms with van der Waals surface area (Å²) in [5, 5.41) is 2.59. The Kier molecular flexibility index (Phi) is 2.90. The Labute approximate surface area is 132 Å². The van der Waals surface area contributed by atoms with E-state index in [4.69, 9.17) is 0 Å². The number of aromatic nitrogens is 1. The summed E-state index contributed by atoms with van der Waals surface area (Å²) in [7, 11) is 2.13. The first kappa shape index (κ1) is 12.7. The lowest BCUT2D eigenvalue weighted by atomic mass is 9.96. The molecule has 3 heteroatoms. The van der Waals surface area contributed by atoms with Crippen molar-refractivity contribution >= 4 is 51.0 Å². The maximum atomic E-state index is 3.61. The Morgan fingerprint density at radius 2 is 1.33 bits per heavy atom. The molecule has 0 saturated heterocycles. The fraction of sp³-hybridized carbons (Fsp3) is 0. The second-order valence-corrected chi connectivity index (χ2v) is 6.27. The summed E-state index contributed by atoms with van der Waals surface area (Å²) < 4.78 is 3.45. The van der Waals surface area contributed by atoms with Gasteiger partial charge < -0.3 is 4.57 Å². The van der Waals surface area contributed by atoms with E-state index in [1.807, 2.05) is 0 Å². The maximum Gasteiger partial charge on any atom is 0.139 e. The Balaban J connectivity index is 2.20. The fourth-order valence-corrected chi connectivity index (χ4v) is 3.64. The second-order valence-electron chi connectivity index (χ2n) is 5.36. The minimum Gasteiger partial charge on any atom is -0.309 e. The molecule has 0 unspecified atom stereocenters. The van der Waals surface area contributed by atoms with Crippen molar-refractivity contribution in [3.05, 3.63) is 71.2 Å². The van der Waals surface area contributed by atoms with Crippen LogP contribution in [0.2, 0.25) is 0 Å². The molecule has 0 aliphatic rings. The maximum absolute atomic E-state index is 3.61. The van der Waals surface area contributed by atoms with Crippen molar-refractivity contribution in [1.29, 1.82) is 0 Å². The normalized spacial score (nSPS) is 11.3. The lowest BCUT2D eigenvalue weighted by Crippen LogP contribution is -2.05. The Morgan fingerprint density at radius 3 is 1.90 bits per heavy atom. The standard InChI is InChI=1S/C18H13BBrN/c19-12-9-13(20)11-14(10-12)21-17-7-3-1-5-15(17)16-6-2-4-8-18(16)21/h1-11H,19H2. The zero-order valence-corrected chi connectivity index (χ0v) is 13.3. The van der Waals surface area contributed by atoms with Crippen LogP contribution in [-0.4, -0.2) is 12.4 Å². The Morgan fingerprint density at radius 1 is 0.762 bits per heavy atom. The quantitative estimate of drug-likeness (QED) is 0.467. The van der Waals surface area contributed by atoms with Crippen LogP contribution < -0.4 is 5.46 Å². The van der Waals surface area contributed by atoms with Crippen molar-refractivity contribution < 1.29 is 0 Å². The van der Waals surface area contributed by atoms with Gasteiger partial charge in [-0.2, -0.15) is 0 Å². The van der Waals surface area contributed by atoms with Gasteiger partial charge in [0.15, 0.2) is 0 Å². The van der Waals surface area contributed by atoms with Gasteiger partial charge >= 0.3 is 0 Å². The largest absolute Gasteiger partial charge is 0.309 e. The van der Waals surface area contributed by atoms with Crippen LogP contribution >= 0.6 is 15.9 Å². The lowest BCUT2D eigenvalue weighted by Gasteiger charge is -2.09. The molecule has 1 aromatic heterocycles. The highest BCUT2D eigenvalue weighted by molar-refractivity contribution is 9.10. The second kappa shape index (κ2) is 4.78. The molecule has 0 N–H and O–H groups in total. The first-order valence-electron chi connectivity index (χ1n) is 7.00. The van der Waals surface area contributed by atoms with Crippen molar-refractivity contribution in [1.82, 2.24) is 4.57 Å². The van der Waals surface area contributed by atoms with Gasteiger partial charge in [-0.1, -0.05) is 63.9 Å². The van der Waals surface area contributed by atoms with E-state index in [9.17, 15) is 0 Å². The number of benzene rings is 3. The highest BCUT2D eigenvalue weighted by atomic mass is 79.9. The van der Waals surface area contributed by atoms with Crippen molar-refractivity contribution in [3.8, 4) is 5.69 Å². The van der Waals surface area contributed by atoms with Crippen LogP contribution in [0, 0.1) is 0 Å². The predicted molar refractivity (Wildman–Crippen MR) is 96.7 cm³/mol. The number of hydrogen-bond acceptors (Lipinski definition) is 0. The summed E-state index contributed by atoms with van der Waals surface area (Å²) in [5.41, 5.74) is 4.94. The van der Waals surface area contributed by atoms with Crippen LogP contribution in [0.3, 0.4) is 0 Å². The Hall–Kier alpha value is -2.00. The average Bonchev–Trinajstić information content (AvgIpc) is 2.81. The van der Waals surface area contributed by atoms with Crippen molar-refractivity contribution in [2.45, 2.75) is 0 Å². The number of nitrogens with zero attached hydrogens (tertiary/aromatic N) is 1. The number of rotatable bonds is 1. The molecule has 3 aromatic carbocycles. The third-order valence-electron chi connectivity index (χ3n) is 3.87. The van der Waals surface area contributed by atoms with Crippen molar-refractivity contribution in [2.24, 2.45) is 0 Å². The van der Waals surface area contributed by atoms with E-state index in [2.05, 4.69) is 95.1 Å². The third kappa shape index (κ3) is 2.00. The fourth-order valence-electron chi connectivity index (χ4n) is 3.05. The molecule has 0 atom stereocenters. The molecule has 0 bridgehead atoms. The van der Waals surface area contributed by atoms with Gasteiger partial charge in [0, 0.05) is 20.9 Å². The number of fused-ring (bicyclic) bond motifs is 3. The molecule has 0 amide bonds. The van der Waals surface area contributed by atoms with Gasteiger partial charge in [0.05, 0.1) is 11.0 Å². The minimum atomic E-state index is 1.11. The zero-order chi connectivity index (χ0) is 14.4. The first-order valence-corrected chi connectivity index (χ1v) is 7.79. The van der Waals surface area contributed by atoms with Gasteiger partial charge in [0.1, 0.15) is 7.85 Å². The number of hydrogen-bond donors (Lipinski definition) is 0. The summed E-state index contributed by atoms with van der Waals surface area (Å²) in [6.45, 7) is 0. The minimum absolute atomic E-state index is 1.11. The number of para-hydroxylation sites is 2. The van der Waals surface area contributed by atoms with Crippen LogP contribution in [0.1, 0.15) is 0 Å². The van der Waals surface area contributed by atoms with E-state index < -0.39 is 0 Å². The van der Waals surface area contributed by atoms with Gasteiger partial charge in [-0.3, -0.25) is 0 Å². The predicted octanol–water partition coefficient (Wildman–Crippen LogP) is 3.80. The van der Waals surface area contributed by atoms with E-state index in [1.165, 1.54) is 33.0 Å². The van der Waals surface area contributed by atoms with Crippen molar-refractivity contribution in [2.75, 3.05) is 0 Å². The SMILES string of the molecule is Bc1cc(Br)cc(-n2c3ccccc3c3ccccc32)c1. The first-order chi connectivity index (χ1) is 10.2. The van der Waals surface area contributed by atoms with E-state index in [0.29, 0.717) is 0 Å². The molecule has 0 aliphatic carbocycles. The molecule has 0 aliphatic heterocycles. The van der Waals surface area contributed by atoms with Gasteiger partial charge in [0.25, 0.3) is 0 Å². The van der Waals surface area contributed by atoms with Crippen LogP contribution in [0.25, 0.3) is 27.5 Å². The van der Waals surface area contributed by atoms with Gasteiger partial charge in [-0.25, -0.2) is 0 Å². The molecular formula is C18H13BBrN. The molecule has 100 valence electrons. The van der Waals surface area contributed by atoms with Crippen molar-refractivity contribution in [3.63, 3.8) is 0 Å². The zero-order valence-electron chi connectivity index (χ0n) is 11.7. The molecule has 0 saturated carbocycles. The third-order valence-corrected chi connectivity index (χ3v) is 4.32. The topological polar surface area (TPSA) is 4.93 Å². The molecule has 21 heavy (non-hydrogen) atoms. The van der Waals surface area contributed by atoms with E-state index in [-0.39, 0.29) is 0 Å². The smallest absolute Gasteiger partial charge is 0.139 e. The van der Waals surface area contributed by atoms with E-state index >= 15 is 0 Å². The molecule has 0 radical (unpaired) electrons. The molecule has 0 fully saturated rings. The summed E-state index contributed by atoms with van der Waals surface area (Å²) >= 11 is 3.61. The van der Waals surface area contributed by atoms with Crippen LogP contribution in [0.4, 0.5) is 0 Å². The summed E-state index contributed by atoms with van der Waals surface area (Å²) in [6, 6.07) is 23.7. The lowest BCUT2D eigenvalue weighted by molar-refractivity contribution is 1.18.